The third-order valence-corrected chi connectivity index (χ3v) is 4.67. The fourth-order valence-electron chi connectivity index (χ4n) is 2.68. The van der Waals surface area contributed by atoms with Crippen molar-refractivity contribution in [3.05, 3.63) is 23.8 Å². The van der Waals surface area contributed by atoms with Crippen LogP contribution in [0.5, 0.6) is 11.5 Å². The first-order chi connectivity index (χ1) is 11.3. The van der Waals surface area contributed by atoms with Crippen LogP contribution in [0.25, 0.3) is 0 Å². The number of carbonyl (C=O) groups is 2. The summed E-state index contributed by atoms with van der Waals surface area (Å²) in [5.74, 6) is -0.342. The molecule has 1 aromatic rings. The molecular formula is C18H25NO5. The molecule has 1 aromatic carbocycles. The first-order valence-electron chi connectivity index (χ1n) is 8.13. The number of hydrogen-bond acceptors (Lipinski definition) is 4. The zero-order valence-corrected chi connectivity index (χ0v) is 14.7. The van der Waals surface area contributed by atoms with Crippen LogP contribution in [0.15, 0.2) is 18.2 Å². The minimum Gasteiger partial charge on any atom is -0.493 e. The van der Waals surface area contributed by atoms with E-state index in [4.69, 9.17) is 9.47 Å². The SMILES string of the molecule is COc1ccc(C(=O)N(C)C(C)(C)C(=O)O)cc1OC1CCCC1. The summed E-state index contributed by atoms with van der Waals surface area (Å²) in [5, 5.41) is 9.30. The van der Waals surface area contributed by atoms with Gasteiger partial charge in [-0.3, -0.25) is 4.79 Å². The Balaban J connectivity index is 2.26. The molecule has 0 aromatic heterocycles. The van der Waals surface area contributed by atoms with Gasteiger partial charge in [-0.1, -0.05) is 0 Å². The quantitative estimate of drug-likeness (QED) is 0.865. The molecule has 1 N–H and O–H groups in total. The molecule has 6 heteroatoms. The summed E-state index contributed by atoms with van der Waals surface area (Å²) in [5.41, 5.74) is -0.927. The predicted molar refractivity (Wildman–Crippen MR) is 89.7 cm³/mol. The molecule has 132 valence electrons. The van der Waals surface area contributed by atoms with Crippen LogP contribution in [0, 0.1) is 0 Å². The molecule has 0 radical (unpaired) electrons. The number of hydrogen-bond donors (Lipinski definition) is 1. The number of aliphatic carboxylic acids is 1. The Hall–Kier alpha value is -2.24. The van der Waals surface area contributed by atoms with Crippen molar-refractivity contribution in [1.82, 2.24) is 4.90 Å². The van der Waals surface area contributed by atoms with E-state index in [1.165, 1.54) is 25.8 Å². The molecule has 0 saturated heterocycles. The number of ether oxygens (including phenoxy) is 2. The van der Waals surface area contributed by atoms with Crippen molar-refractivity contribution in [2.75, 3.05) is 14.2 Å². The van der Waals surface area contributed by atoms with Crippen molar-refractivity contribution in [1.29, 1.82) is 0 Å². The van der Waals surface area contributed by atoms with Crippen molar-refractivity contribution in [3.63, 3.8) is 0 Å². The van der Waals surface area contributed by atoms with E-state index in [1.54, 1.807) is 25.3 Å². The smallest absolute Gasteiger partial charge is 0.329 e. The van der Waals surface area contributed by atoms with E-state index in [0.29, 0.717) is 17.1 Å². The van der Waals surface area contributed by atoms with Crippen LogP contribution in [0.4, 0.5) is 0 Å². The van der Waals surface area contributed by atoms with Gasteiger partial charge in [0.1, 0.15) is 5.54 Å². The second-order valence-electron chi connectivity index (χ2n) is 6.62. The Morgan fingerprint density at radius 2 is 1.83 bits per heavy atom. The Labute approximate surface area is 142 Å². The number of carboxylic acid groups (broad SMARTS) is 1. The van der Waals surface area contributed by atoms with Crippen LogP contribution in [-0.2, 0) is 4.79 Å². The van der Waals surface area contributed by atoms with Gasteiger partial charge in [-0.05, 0) is 57.7 Å². The van der Waals surface area contributed by atoms with Gasteiger partial charge in [-0.2, -0.15) is 0 Å². The standard InChI is InChI=1S/C18H25NO5/c1-18(2,17(21)22)19(3)16(20)12-9-10-14(23-4)15(11-12)24-13-7-5-6-8-13/h9-11,13H,5-8H2,1-4H3,(H,21,22). The zero-order chi connectivity index (χ0) is 17.9. The molecule has 1 aliphatic rings. The van der Waals surface area contributed by atoms with Crippen molar-refractivity contribution in [3.8, 4) is 11.5 Å². The maximum Gasteiger partial charge on any atom is 0.329 e. The summed E-state index contributed by atoms with van der Waals surface area (Å²) >= 11 is 0. The highest BCUT2D eigenvalue weighted by Gasteiger charge is 2.35. The van der Waals surface area contributed by atoms with Gasteiger partial charge in [-0.25, -0.2) is 4.79 Å². The molecule has 1 fully saturated rings. The van der Waals surface area contributed by atoms with E-state index in [1.807, 2.05) is 0 Å². The van der Waals surface area contributed by atoms with Gasteiger partial charge in [0.05, 0.1) is 13.2 Å². The van der Waals surface area contributed by atoms with Crippen molar-refractivity contribution in [2.24, 2.45) is 0 Å². The van der Waals surface area contributed by atoms with Crippen LogP contribution in [0.1, 0.15) is 49.9 Å². The van der Waals surface area contributed by atoms with E-state index in [9.17, 15) is 14.7 Å². The number of carboxylic acids is 1. The summed E-state index contributed by atoms with van der Waals surface area (Å²) in [7, 11) is 3.04. The Morgan fingerprint density at radius 1 is 1.21 bits per heavy atom. The molecule has 0 aliphatic heterocycles. The number of amides is 1. The maximum absolute atomic E-state index is 12.7. The maximum atomic E-state index is 12.7. The molecule has 0 unspecified atom stereocenters. The van der Waals surface area contributed by atoms with Crippen molar-refractivity contribution < 1.29 is 24.2 Å². The van der Waals surface area contributed by atoms with E-state index >= 15 is 0 Å². The highest BCUT2D eigenvalue weighted by atomic mass is 16.5. The van der Waals surface area contributed by atoms with Gasteiger partial charge >= 0.3 is 5.97 Å². The van der Waals surface area contributed by atoms with Gasteiger partial charge in [0.15, 0.2) is 11.5 Å². The zero-order valence-electron chi connectivity index (χ0n) is 14.7. The first kappa shape index (κ1) is 18.1. The second-order valence-corrected chi connectivity index (χ2v) is 6.62. The molecule has 6 nitrogen and oxygen atoms in total. The van der Waals surface area contributed by atoms with E-state index in [2.05, 4.69) is 0 Å². The molecule has 1 saturated carbocycles. The monoisotopic (exact) mass is 335 g/mol. The van der Waals surface area contributed by atoms with E-state index in [-0.39, 0.29) is 12.0 Å². The first-order valence-corrected chi connectivity index (χ1v) is 8.13. The molecule has 0 spiro atoms. The van der Waals surface area contributed by atoms with Gasteiger partial charge in [-0.15, -0.1) is 0 Å². The number of nitrogens with zero attached hydrogens (tertiary/aromatic N) is 1. The van der Waals surface area contributed by atoms with E-state index < -0.39 is 11.5 Å². The van der Waals surface area contributed by atoms with Crippen LogP contribution < -0.4 is 9.47 Å². The summed E-state index contributed by atoms with van der Waals surface area (Å²) in [6.07, 6.45) is 4.40. The molecule has 1 amide bonds. The van der Waals surface area contributed by atoms with Gasteiger partial charge in [0.25, 0.3) is 5.91 Å². The van der Waals surface area contributed by atoms with Crippen LogP contribution >= 0.6 is 0 Å². The number of benzene rings is 1. The molecule has 0 atom stereocenters. The van der Waals surface area contributed by atoms with Gasteiger partial charge < -0.3 is 19.5 Å². The normalized spacial score (nSPS) is 15.2. The highest BCUT2D eigenvalue weighted by molar-refractivity contribution is 5.98. The Morgan fingerprint density at radius 3 is 2.38 bits per heavy atom. The fourth-order valence-corrected chi connectivity index (χ4v) is 2.68. The number of likely N-dealkylation sites (N-methyl/N-ethyl adjacent to an activating group) is 1. The van der Waals surface area contributed by atoms with Crippen molar-refractivity contribution in [2.45, 2.75) is 51.2 Å². The molecule has 0 heterocycles. The average Bonchev–Trinajstić information content (AvgIpc) is 3.06. The molecule has 1 aliphatic carbocycles. The highest BCUT2D eigenvalue weighted by Crippen LogP contribution is 2.33. The topological polar surface area (TPSA) is 76.1 Å². The summed E-state index contributed by atoms with van der Waals surface area (Å²) in [6.45, 7) is 2.99. The summed E-state index contributed by atoms with van der Waals surface area (Å²) in [4.78, 5) is 25.2. The largest absolute Gasteiger partial charge is 0.493 e. The van der Waals surface area contributed by atoms with Crippen LogP contribution in [0.2, 0.25) is 0 Å². The Bertz CT molecular complexity index is 620. The predicted octanol–water partition coefficient (Wildman–Crippen LogP) is 2.95. The minimum absolute atomic E-state index is 0.137. The summed E-state index contributed by atoms with van der Waals surface area (Å²) < 4.78 is 11.3. The third-order valence-electron chi connectivity index (χ3n) is 4.67. The van der Waals surface area contributed by atoms with E-state index in [0.717, 1.165) is 25.7 Å². The number of carbonyl (C=O) groups excluding carboxylic acids is 1. The molecular weight excluding hydrogens is 310 g/mol. The van der Waals surface area contributed by atoms with Gasteiger partial charge in [0, 0.05) is 12.6 Å². The van der Waals surface area contributed by atoms with Gasteiger partial charge in [0.2, 0.25) is 0 Å². The van der Waals surface area contributed by atoms with Crippen molar-refractivity contribution >= 4 is 11.9 Å². The molecule has 2 rings (SSSR count). The number of rotatable bonds is 6. The lowest BCUT2D eigenvalue weighted by molar-refractivity contribution is -0.147. The summed E-state index contributed by atoms with van der Waals surface area (Å²) in [6, 6.07) is 4.93. The second kappa shape index (κ2) is 7.11. The lowest BCUT2D eigenvalue weighted by Gasteiger charge is -2.31. The average molecular weight is 335 g/mol. The lowest BCUT2D eigenvalue weighted by atomic mass is 10.0. The molecule has 24 heavy (non-hydrogen) atoms. The lowest BCUT2D eigenvalue weighted by Crippen LogP contribution is -2.50. The third kappa shape index (κ3) is 3.63. The van der Waals surface area contributed by atoms with Crippen LogP contribution in [-0.4, -0.2) is 47.7 Å². The minimum atomic E-state index is -1.30. The number of methoxy groups -OCH3 is 1. The van der Waals surface area contributed by atoms with Crippen LogP contribution in [0.3, 0.4) is 0 Å². The molecule has 0 bridgehead atoms. The Kier molecular flexibility index (Phi) is 5.36. The fraction of sp³-hybridized carbons (Fsp3) is 0.556.